The van der Waals surface area contributed by atoms with Gasteiger partial charge in [-0.25, -0.2) is 9.97 Å². The molecule has 46 heavy (non-hydrogen) atoms. The van der Waals surface area contributed by atoms with Crippen molar-refractivity contribution in [1.29, 1.82) is 0 Å². The topological polar surface area (TPSA) is 127 Å². The minimum Gasteiger partial charge on any atom is -0.507 e. The fourth-order valence-electron chi connectivity index (χ4n) is 8.84. The van der Waals surface area contributed by atoms with E-state index in [9.17, 15) is 9.90 Å². The lowest BCUT2D eigenvalue weighted by Gasteiger charge is -2.35. The molecule has 5 unspecified atom stereocenters. The van der Waals surface area contributed by atoms with Crippen molar-refractivity contribution in [3.05, 3.63) is 78.4 Å². The van der Waals surface area contributed by atoms with Crippen LogP contribution in [0.3, 0.4) is 0 Å². The van der Waals surface area contributed by atoms with Crippen molar-refractivity contribution in [3.63, 3.8) is 0 Å². The standard InChI is InChI=1S/C37H40N6O3/c1-2-46-37(45)24-13-11-22(12-14-24)21-7-9-23(10-8-21)26-17-39-36(40-18-26)28-15-25-19-43(20-29-33(25)34(28)29)31-16-30(41-42-35(31)38)27-5-3-4-6-32(27)44/h3-10,16-18,22,24-25,28-29,33-34,44H,2,11-15,19-20H2,1H3,(H2,38,42). The number of phenols is 1. The largest absolute Gasteiger partial charge is 0.507 e. The van der Waals surface area contributed by atoms with Gasteiger partial charge < -0.3 is 20.5 Å². The molecule has 1 aliphatic heterocycles. The number of esters is 1. The molecule has 3 aliphatic carbocycles. The normalized spacial score (nSPS) is 28.0. The third-order valence-corrected chi connectivity index (χ3v) is 11.1. The number of anilines is 2. The predicted molar refractivity (Wildman–Crippen MR) is 176 cm³/mol. The number of piperidine rings is 1. The van der Waals surface area contributed by atoms with Crippen molar-refractivity contribution in [2.45, 2.75) is 50.9 Å². The lowest BCUT2D eigenvalue weighted by Crippen LogP contribution is -2.38. The molecule has 0 radical (unpaired) electrons. The van der Waals surface area contributed by atoms with Crippen molar-refractivity contribution >= 4 is 17.5 Å². The minimum absolute atomic E-state index is 0.0346. The first-order valence-electron chi connectivity index (χ1n) is 16.7. The van der Waals surface area contributed by atoms with Crippen molar-refractivity contribution in [1.82, 2.24) is 20.2 Å². The summed E-state index contributed by atoms with van der Waals surface area (Å²) in [4.78, 5) is 24.3. The van der Waals surface area contributed by atoms with Gasteiger partial charge >= 0.3 is 5.97 Å². The fraction of sp³-hybridized carbons (Fsp3) is 0.432. The lowest BCUT2D eigenvalue weighted by molar-refractivity contribution is -0.149. The van der Waals surface area contributed by atoms with Crippen LogP contribution in [0.4, 0.5) is 11.5 Å². The zero-order valence-electron chi connectivity index (χ0n) is 26.1. The van der Waals surface area contributed by atoms with E-state index in [0.717, 1.165) is 73.8 Å². The number of nitrogens with two attached hydrogens (primary N) is 1. The third kappa shape index (κ3) is 5.15. The Labute approximate surface area is 269 Å². The Hall–Kier alpha value is -4.53. The maximum absolute atomic E-state index is 12.1. The molecule has 4 aromatic rings. The van der Waals surface area contributed by atoms with E-state index in [1.165, 1.54) is 5.56 Å². The van der Waals surface area contributed by atoms with Gasteiger partial charge in [-0.2, -0.15) is 0 Å². The summed E-state index contributed by atoms with van der Waals surface area (Å²) in [6.07, 6.45) is 8.91. The maximum atomic E-state index is 12.1. The number of carbonyl (C=O) groups is 1. The van der Waals surface area contributed by atoms with Crippen molar-refractivity contribution in [2.24, 2.45) is 29.6 Å². The molecule has 3 heterocycles. The highest BCUT2D eigenvalue weighted by molar-refractivity contribution is 5.74. The van der Waals surface area contributed by atoms with E-state index in [2.05, 4.69) is 39.4 Å². The van der Waals surface area contributed by atoms with E-state index in [-0.39, 0.29) is 17.6 Å². The van der Waals surface area contributed by atoms with E-state index >= 15 is 0 Å². The Bertz CT molecular complexity index is 1740. The van der Waals surface area contributed by atoms with Crippen LogP contribution in [0.2, 0.25) is 0 Å². The number of fused-ring (bicyclic) bond motifs is 1. The Balaban J connectivity index is 0.907. The van der Waals surface area contributed by atoms with Crippen molar-refractivity contribution in [2.75, 3.05) is 30.3 Å². The van der Waals surface area contributed by atoms with Crippen LogP contribution in [0, 0.1) is 29.6 Å². The SMILES string of the molecule is CCOC(=O)C1CCC(c2ccc(-c3cnc(C4CC5CN(c6cc(-c7ccccc7O)nnc6N)CC6C5C46)nc3)cc2)CC1. The van der Waals surface area contributed by atoms with Crippen LogP contribution in [-0.4, -0.2) is 50.9 Å². The average molecular weight is 617 g/mol. The lowest BCUT2D eigenvalue weighted by atomic mass is 9.78. The van der Waals surface area contributed by atoms with E-state index in [1.807, 2.05) is 37.5 Å². The van der Waals surface area contributed by atoms with Gasteiger partial charge in [-0.3, -0.25) is 4.79 Å². The third-order valence-electron chi connectivity index (χ3n) is 11.1. The molecule has 1 saturated heterocycles. The Kier molecular flexibility index (Phi) is 7.34. The van der Waals surface area contributed by atoms with Gasteiger partial charge in [0.15, 0.2) is 5.82 Å². The number of aromatic nitrogens is 4. The molecule has 2 aromatic carbocycles. The van der Waals surface area contributed by atoms with Gasteiger partial charge in [0.25, 0.3) is 0 Å². The molecule has 9 heteroatoms. The summed E-state index contributed by atoms with van der Waals surface area (Å²) >= 11 is 0. The molecule has 3 N–H and O–H groups in total. The van der Waals surface area contributed by atoms with Crippen LogP contribution >= 0.6 is 0 Å². The Morgan fingerprint density at radius 3 is 2.43 bits per heavy atom. The van der Waals surface area contributed by atoms with Crippen LogP contribution in [0.25, 0.3) is 22.4 Å². The monoisotopic (exact) mass is 616 g/mol. The van der Waals surface area contributed by atoms with Crippen LogP contribution in [0.1, 0.15) is 62.3 Å². The Morgan fingerprint density at radius 2 is 1.72 bits per heavy atom. The van der Waals surface area contributed by atoms with Gasteiger partial charge in [-0.05, 0) is 97.9 Å². The number of nitrogen functional groups attached to an aromatic ring is 1. The number of phenolic OH excluding ortho intramolecular Hbond substituents is 1. The summed E-state index contributed by atoms with van der Waals surface area (Å²) in [5.74, 6) is 4.99. The summed E-state index contributed by atoms with van der Waals surface area (Å²) in [7, 11) is 0. The van der Waals surface area contributed by atoms with Crippen molar-refractivity contribution < 1.29 is 14.6 Å². The first-order chi connectivity index (χ1) is 22.5. The molecular formula is C37H40N6O3. The van der Waals surface area contributed by atoms with Gasteiger partial charge in [0, 0.05) is 42.5 Å². The van der Waals surface area contributed by atoms with E-state index < -0.39 is 0 Å². The van der Waals surface area contributed by atoms with E-state index in [4.69, 9.17) is 20.4 Å². The number of hydrogen-bond acceptors (Lipinski definition) is 9. The summed E-state index contributed by atoms with van der Waals surface area (Å²) in [6, 6.07) is 18.0. The molecule has 3 saturated carbocycles. The van der Waals surface area contributed by atoms with Crippen LogP contribution in [0.15, 0.2) is 67.0 Å². The summed E-state index contributed by atoms with van der Waals surface area (Å²) in [5.41, 5.74) is 12.0. The summed E-state index contributed by atoms with van der Waals surface area (Å²) < 4.78 is 5.23. The molecule has 4 fully saturated rings. The number of hydrogen-bond donors (Lipinski definition) is 2. The molecule has 4 aliphatic rings. The molecule has 8 rings (SSSR count). The molecule has 2 aromatic heterocycles. The number of rotatable bonds is 7. The molecule has 5 atom stereocenters. The van der Waals surface area contributed by atoms with Crippen LogP contribution in [-0.2, 0) is 9.53 Å². The van der Waals surface area contributed by atoms with Crippen LogP contribution < -0.4 is 10.6 Å². The van der Waals surface area contributed by atoms with Gasteiger partial charge in [-0.15, -0.1) is 10.2 Å². The van der Waals surface area contributed by atoms with Gasteiger partial charge in [0.2, 0.25) is 0 Å². The van der Waals surface area contributed by atoms with Gasteiger partial charge in [0.05, 0.1) is 23.9 Å². The first-order valence-corrected chi connectivity index (χ1v) is 16.7. The van der Waals surface area contributed by atoms with Crippen molar-refractivity contribution in [3.8, 4) is 28.1 Å². The smallest absolute Gasteiger partial charge is 0.308 e. The van der Waals surface area contributed by atoms with Gasteiger partial charge in [0.1, 0.15) is 11.6 Å². The Morgan fingerprint density at radius 1 is 0.957 bits per heavy atom. The first kappa shape index (κ1) is 28.9. The van der Waals surface area contributed by atoms with E-state index in [0.29, 0.717) is 53.3 Å². The number of ether oxygens (including phenoxy) is 1. The molecule has 0 spiro atoms. The maximum Gasteiger partial charge on any atom is 0.308 e. The zero-order chi connectivity index (χ0) is 31.4. The molecule has 0 bridgehead atoms. The number of benzene rings is 2. The average Bonchev–Trinajstić information content (AvgIpc) is 3.68. The highest BCUT2D eigenvalue weighted by Gasteiger charge is 2.65. The highest BCUT2D eigenvalue weighted by atomic mass is 16.5. The number of para-hydroxylation sites is 1. The summed E-state index contributed by atoms with van der Waals surface area (Å²) in [5, 5.41) is 18.9. The highest BCUT2D eigenvalue weighted by Crippen LogP contribution is 2.68. The fourth-order valence-corrected chi connectivity index (χ4v) is 8.84. The van der Waals surface area contributed by atoms with Crippen LogP contribution in [0.5, 0.6) is 5.75 Å². The number of nitrogens with zero attached hydrogens (tertiary/aromatic N) is 5. The molecular weight excluding hydrogens is 576 g/mol. The van der Waals surface area contributed by atoms with E-state index in [1.54, 1.807) is 12.1 Å². The summed E-state index contributed by atoms with van der Waals surface area (Å²) in [6.45, 7) is 4.19. The number of carbonyl (C=O) groups excluding carboxylic acids is 1. The second-order valence-corrected chi connectivity index (χ2v) is 13.6. The molecule has 0 amide bonds. The minimum atomic E-state index is -0.0346. The number of aromatic hydroxyl groups is 1. The molecule has 236 valence electrons. The zero-order valence-corrected chi connectivity index (χ0v) is 26.1. The quantitative estimate of drug-likeness (QED) is 0.233. The second-order valence-electron chi connectivity index (χ2n) is 13.6. The second kappa shape index (κ2) is 11.7. The molecule has 9 nitrogen and oxygen atoms in total. The van der Waals surface area contributed by atoms with Gasteiger partial charge in [-0.1, -0.05) is 36.4 Å². The predicted octanol–water partition coefficient (Wildman–Crippen LogP) is 6.21.